The van der Waals surface area contributed by atoms with Crippen LogP contribution in [-0.4, -0.2) is 66.5 Å². The van der Waals surface area contributed by atoms with Gasteiger partial charge in [0.25, 0.3) is 0 Å². The first kappa shape index (κ1) is 36.0. The van der Waals surface area contributed by atoms with Crippen LogP contribution in [0.2, 0.25) is 0 Å². The molecule has 0 spiro atoms. The molecular formula is C36H55N3OS2. The van der Waals surface area contributed by atoms with Crippen molar-refractivity contribution in [2.75, 3.05) is 44.7 Å². The van der Waals surface area contributed by atoms with Crippen molar-refractivity contribution in [2.45, 2.75) is 77.2 Å². The molecule has 1 N–H and O–H groups in total. The number of carbonyl (C=O) groups is 1. The van der Waals surface area contributed by atoms with E-state index < -0.39 is 0 Å². The molecule has 1 fully saturated rings. The number of allylic oxidation sites excluding steroid dienone is 12. The summed E-state index contributed by atoms with van der Waals surface area (Å²) in [5.41, 5.74) is 1.46. The maximum Gasteiger partial charge on any atom is 0.220 e. The molecule has 0 radical (unpaired) electrons. The lowest BCUT2D eigenvalue weighted by Crippen LogP contribution is -2.30. The molecule has 1 atom stereocenters. The third kappa shape index (κ3) is 18.4. The molecule has 1 saturated heterocycles. The average molecular weight is 610 g/mol. The van der Waals surface area contributed by atoms with Crippen LogP contribution in [0.3, 0.4) is 0 Å². The first-order valence-corrected chi connectivity index (χ1v) is 18.4. The van der Waals surface area contributed by atoms with Gasteiger partial charge < -0.3 is 10.2 Å². The van der Waals surface area contributed by atoms with Crippen molar-refractivity contribution in [3.63, 3.8) is 0 Å². The fourth-order valence-electron chi connectivity index (χ4n) is 4.76. The summed E-state index contributed by atoms with van der Waals surface area (Å²) in [7, 11) is 6.00. The molecule has 0 aliphatic carbocycles. The third-order valence-electron chi connectivity index (χ3n) is 7.07. The zero-order valence-corrected chi connectivity index (χ0v) is 27.8. The van der Waals surface area contributed by atoms with Crippen molar-refractivity contribution in [3.05, 3.63) is 96.8 Å². The molecule has 42 heavy (non-hydrogen) atoms. The number of hydrogen-bond donors (Lipinski definition) is 1. The highest BCUT2D eigenvalue weighted by Gasteiger charge is 2.24. The minimum atomic E-state index is 0.148. The lowest BCUT2D eigenvalue weighted by Gasteiger charge is -2.28. The maximum absolute atomic E-state index is 12.1. The topological polar surface area (TPSA) is 35.6 Å². The molecular weight excluding hydrogens is 555 g/mol. The van der Waals surface area contributed by atoms with Gasteiger partial charge in [0.05, 0.1) is 0 Å². The Bertz CT molecular complexity index is 961. The van der Waals surface area contributed by atoms with Crippen LogP contribution in [0.5, 0.6) is 0 Å². The number of nitrogens with one attached hydrogen (secondary N) is 1. The Hall–Kier alpha value is -2.15. The van der Waals surface area contributed by atoms with Gasteiger partial charge in [-0.15, -0.1) is 0 Å². The van der Waals surface area contributed by atoms with Gasteiger partial charge in [-0.2, -0.15) is 0 Å². The second-order valence-corrected chi connectivity index (χ2v) is 13.3. The van der Waals surface area contributed by atoms with E-state index in [0.717, 1.165) is 76.1 Å². The summed E-state index contributed by atoms with van der Waals surface area (Å²) in [6, 6.07) is 0.592. The molecule has 232 valence electrons. The highest BCUT2D eigenvalue weighted by atomic mass is 33.1. The minimum Gasteiger partial charge on any atom is -0.372 e. The Balaban J connectivity index is 1.37. The Morgan fingerprint density at radius 2 is 1.48 bits per heavy atom. The monoisotopic (exact) mass is 609 g/mol. The Labute approximate surface area is 265 Å². The first-order chi connectivity index (χ1) is 20.7. The number of hydrogen-bond acceptors (Lipinski definition) is 5. The van der Waals surface area contributed by atoms with E-state index in [-0.39, 0.29) is 5.91 Å². The van der Waals surface area contributed by atoms with E-state index in [4.69, 9.17) is 0 Å². The molecule has 0 aromatic carbocycles. The molecule has 0 aromatic rings. The molecule has 2 rings (SSSR count). The van der Waals surface area contributed by atoms with E-state index in [1.807, 2.05) is 21.6 Å². The van der Waals surface area contributed by atoms with E-state index in [1.54, 1.807) is 0 Å². The number of likely N-dealkylation sites (tertiary alicyclic amines) is 1. The van der Waals surface area contributed by atoms with Crippen molar-refractivity contribution in [1.29, 1.82) is 0 Å². The number of rotatable bonds is 22. The number of likely N-dealkylation sites (N-methyl/N-ethyl adjacent to an activating group) is 1. The SMILES string of the molecule is CC/C=C\C/C=C\C/C=C\C/C=C\C/C=C\C/C=C\CCC(=O)NCCSSCCN1C=C(C2CCCN2C)C=CC1. The van der Waals surface area contributed by atoms with E-state index >= 15 is 0 Å². The van der Waals surface area contributed by atoms with Gasteiger partial charge in [-0.1, -0.05) is 114 Å². The van der Waals surface area contributed by atoms with Crippen LogP contribution in [0.1, 0.15) is 71.1 Å². The molecule has 2 aliphatic heterocycles. The normalized spacial score (nSPS) is 18.4. The predicted molar refractivity (Wildman–Crippen MR) is 190 cm³/mol. The van der Waals surface area contributed by atoms with Gasteiger partial charge in [0.2, 0.25) is 5.91 Å². The summed E-state index contributed by atoms with van der Waals surface area (Å²) in [5.74, 6) is 2.19. The van der Waals surface area contributed by atoms with Crippen LogP contribution in [0.4, 0.5) is 0 Å². The third-order valence-corrected chi connectivity index (χ3v) is 9.46. The van der Waals surface area contributed by atoms with Crippen LogP contribution in [0.15, 0.2) is 96.8 Å². The molecule has 6 heteroatoms. The largest absolute Gasteiger partial charge is 0.372 e. The lowest BCUT2D eigenvalue weighted by atomic mass is 10.0. The van der Waals surface area contributed by atoms with Crippen molar-refractivity contribution in [3.8, 4) is 0 Å². The summed E-state index contributed by atoms with van der Waals surface area (Å²) in [4.78, 5) is 17.0. The van der Waals surface area contributed by atoms with Crippen LogP contribution in [-0.2, 0) is 4.79 Å². The molecule has 2 aliphatic rings. The zero-order valence-electron chi connectivity index (χ0n) is 26.2. The maximum atomic E-state index is 12.1. The van der Waals surface area contributed by atoms with Crippen molar-refractivity contribution < 1.29 is 4.79 Å². The fraction of sp³-hybridized carbons (Fsp3) is 0.528. The molecule has 2 heterocycles. The second kappa shape index (κ2) is 25.4. The summed E-state index contributed by atoms with van der Waals surface area (Å²) in [6.07, 6.45) is 43.4. The van der Waals surface area contributed by atoms with Crippen LogP contribution >= 0.6 is 21.6 Å². The molecule has 1 unspecified atom stereocenters. The molecule has 0 bridgehead atoms. The molecule has 1 amide bonds. The Morgan fingerprint density at radius 3 is 2.07 bits per heavy atom. The van der Waals surface area contributed by atoms with Crippen LogP contribution in [0, 0.1) is 0 Å². The molecule has 4 nitrogen and oxygen atoms in total. The van der Waals surface area contributed by atoms with Gasteiger partial charge in [-0.3, -0.25) is 9.69 Å². The van der Waals surface area contributed by atoms with Crippen LogP contribution in [0.25, 0.3) is 0 Å². The first-order valence-electron chi connectivity index (χ1n) is 15.9. The minimum absolute atomic E-state index is 0.148. The zero-order chi connectivity index (χ0) is 29.9. The summed E-state index contributed by atoms with van der Waals surface area (Å²) >= 11 is 0. The van der Waals surface area contributed by atoms with E-state index in [1.165, 1.54) is 25.0 Å². The van der Waals surface area contributed by atoms with Crippen molar-refractivity contribution in [1.82, 2.24) is 15.1 Å². The molecule has 0 saturated carbocycles. The number of carbonyl (C=O) groups excluding carboxylic acids is 1. The van der Waals surface area contributed by atoms with E-state index in [9.17, 15) is 4.79 Å². The smallest absolute Gasteiger partial charge is 0.220 e. The fourth-order valence-corrected chi connectivity index (χ4v) is 6.67. The Morgan fingerprint density at radius 1 is 0.881 bits per heavy atom. The summed E-state index contributed by atoms with van der Waals surface area (Å²) in [6.45, 7) is 6.19. The highest BCUT2D eigenvalue weighted by Crippen LogP contribution is 2.26. The Kier molecular flexibility index (Phi) is 21.8. The van der Waals surface area contributed by atoms with Gasteiger partial charge >= 0.3 is 0 Å². The average Bonchev–Trinajstić information content (AvgIpc) is 3.43. The van der Waals surface area contributed by atoms with Crippen molar-refractivity contribution >= 4 is 27.5 Å². The standard InChI is InChI=1S/C36H55N3OS2/c1-3-4-5-6-7-8-9-10-11-12-13-14-15-16-17-18-19-20-21-26-36(40)37-27-31-41-42-32-30-39-29-22-24-34(33-39)35-25-23-28-38(35)2/h4-5,7-8,10-11,13-14,16-17,19-20,22,24,33,35H,3,6,9,12,15,18,21,23,25-32H2,1-2H3,(H,37,40)/b5-4-,8-7-,11-10-,14-13-,17-16-,20-19-. The lowest BCUT2D eigenvalue weighted by molar-refractivity contribution is -0.120. The van der Waals surface area contributed by atoms with Gasteiger partial charge in [-0.25, -0.2) is 0 Å². The summed E-state index contributed by atoms with van der Waals surface area (Å²) < 4.78 is 0. The van der Waals surface area contributed by atoms with Crippen molar-refractivity contribution in [2.24, 2.45) is 0 Å². The number of amides is 1. The van der Waals surface area contributed by atoms with Crippen LogP contribution < -0.4 is 5.32 Å². The van der Waals surface area contributed by atoms with Gasteiger partial charge in [0, 0.05) is 49.8 Å². The van der Waals surface area contributed by atoms with E-state index in [0.29, 0.717) is 12.5 Å². The van der Waals surface area contributed by atoms with Gasteiger partial charge in [0.15, 0.2) is 0 Å². The predicted octanol–water partition coefficient (Wildman–Crippen LogP) is 8.81. The van der Waals surface area contributed by atoms with E-state index in [2.05, 4.69) is 120 Å². The second-order valence-electron chi connectivity index (χ2n) is 10.6. The van der Waals surface area contributed by atoms with Gasteiger partial charge in [0.1, 0.15) is 0 Å². The molecule has 0 aromatic heterocycles. The quantitative estimate of drug-likeness (QED) is 0.0754. The number of nitrogens with zero attached hydrogens (tertiary/aromatic N) is 2. The highest BCUT2D eigenvalue weighted by molar-refractivity contribution is 8.76. The summed E-state index contributed by atoms with van der Waals surface area (Å²) in [5, 5.41) is 3.05. The van der Waals surface area contributed by atoms with Gasteiger partial charge in [-0.05, 0) is 77.0 Å².